The lowest BCUT2D eigenvalue weighted by Gasteiger charge is -2.30. The summed E-state index contributed by atoms with van der Waals surface area (Å²) in [6.45, 7) is 2.05. The van der Waals surface area contributed by atoms with E-state index in [1.54, 1.807) is 19.1 Å². The summed E-state index contributed by atoms with van der Waals surface area (Å²) in [4.78, 5) is 24.0. The van der Waals surface area contributed by atoms with Gasteiger partial charge in [0.2, 0.25) is 0 Å². The predicted octanol–water partition coefficient (Wildman–Crippen LogP) is 3.89. The van der Waals surface area contributed by atoms with Gasteiger partial charge >= 0.3 is 6.09 Å². The Labute approximate surface area is 129 Å². The lowest BCUT2D eigenvalue weighted by Crippen LogP contribution is -2.38. The lowest BCUT2D eigenvalue weighted by molar-refractivity contribution is -0.125. The van der Waals surface area contributed by atoms with Crippen LogP contribution in [0.25, 0.3) is 0 Å². The number of Topliss-reactive ketones (excluding diaryl/α,β-unsaturated/α-hetero) is 1. The third-order valence-electron chi connectivity index (χ3n) is 3.76. The third-order valence-corrected chi connectivity index (χ3v) is 4.00. The van der Waals surface area contributed by atoms with Crippen LogP contribution < -0.4 is 5.32 Å². The molecule has 1 aromatic carbocycles. The van der Waals surface area contributed by atoms with Crippen LogP contribution in [0.2, 0.25) is 5.02 Å². The van der Waals surface area contributed by atoms with Gasteiger partial charge in [-0.25, -0.2) is 4.79 Å². The van der Waals surface area contributed by atoms with Crippen molar-refractivity contribution in [1.82, 2.24) is 5.32 Å². The molecule has 0 spiro atoms. The number of carbonyl (C=O) groups is 2. The first-order valence-corrected chi connectivity index (χ1v) is 7.71. The minimum atomic E-state index is -0.499. The summed E-state index contributed by atoms with van der Waals surface area (Å²) in [5.74, 6) is -0.00959. The maximum absolute atomic E-state index is 12.2. The largest absolute Gasteiger partial charge is 0.450 e. The molecule has 0 heterocycles. The molecule has 2 atom stereocenters. The molecule has 1 fully saturated rings. The fraction of sp³-hybridized carbons (Fsp3) is 0.500. The Bertz CT molecular complexity index is 518. The van der Waals surface area contributed by atoms with E-state index in [-0.39, 0.29) is 17.7 Å². The van der Waals surface area contributed by atoms with E-state index in [2.05, 4.69) is 5.32 Å². The third kappa shape index (κ3) is 4.21. The van der Waals surface area contributed by atoms with E-state index in [0.29, 0.717) is 18.1 Å². The number of benzene rings is 1. The van der Waals surface area contributed by atoms with Gasteiger partial charge in [-0.3, -0.25) is 4.79 Å². The molecule has 1 saturated carbocycles. The topological polar surface area (TPSA) is 55.4 Å². The summed E-state index contributed by atoms with van der Waals surface area (Å²) < 4.78 is 4.96. The fourth-order valence-corrected chi connectivity index (χ4v) is 2.98. The van der Waals surface area contributed by atoms with Crippen LogP contribution in [0.1, 0.15) is 44.2 Å². The fourth-order valence-electron chi connectivity index (χ4n) is 2.78. The molecule has 0 unspecified atom stereocenters. The Morgan fingerprint density at radius 3 is 2.95 bits per heavy atom. The van der Waals surface area contributed by atoms with Gasteiger partial charge in [-0.2, -0.15) is 0 Å². The molecule has 1 N–H and O–H groups in total. The second-order valence-corrected chi connectivity index (χ2v) is 5.65. The standard InChI is InChI=1S/C16H20ClNO3/c1-2-21-16(20)18-15(11-6-5-7-12(17)10-11)13-8-3-4-9-14(13)19/h5-7,10,13,15H,2-4,8-9H2,1H3,(H,18,20)/t13-,15+/m1/s1. The van der Waals surface area contributed by atoms with E-state index in [0.717, 1.165) is 24.8 Å². The second kappa shape index (κ2) is 7.46. The van der Waals surface area contributed by atoms with Gasteiger partial charge in [-0.05, 0) is 37.5 Å². The molecule has 0 aliphatic heterocycles. The molecule has 2 rings (SSSR count). The van der Waals surface area contributed by atoms with Crippen molar-refractivity contribution in [3.05, 3.63) is 34.9 Å². The average molecular weight is 310 g/mol. The van der Waals surface area contributed by atoms with Crippen LogP contribution in [-0.2, 0) is 9.53 Å². The summed E-state index contributed by atoms with van der Waals surface area (Å²) in [5, 5.41) is 3.41. The van der Waals surface area contributed by atoms with Crippen LogP contribution >= 0.6 is 11.6 Å². The monoisotopic (exact) mass is 309 g/mol. The maximum atomic E-state index is 12.2. The molecular weight excluding hydrogens is 290 g/mol. The zero-order valence-electron chi connectivity index (χ0n) is 12.1. The van der Waals surface area contributed by atoms with Gasteiger partial charge in [0.25, 0.3) is 0 Å². The molecule has 114 valence electrons. The van der Waals surface area contributed by atoms with Crippen LogP contribution in [0.15, 0.2) is 24.3 Å². The number of nitrogens with one attached hydrogen (secondary N) is 1. The van der Waals surface area contributed by atoms with Crippen molar-refractivity contribution in [3.63, 3.8) is 0 Å². The van der Waals surface area contributed by atoms with E-state index < -0.39 is 6.09 Å². The number of ether oxygens (including phenoxy) is 1. The quantitative estimate of drug-likeness (QED) is 0.918. The molecule has 0 aromatic heterocycles. The van der Waals surface area contributed by atoms with E-state index in [9.17, 15) is 9.59 Å². The van der Waals surface area contributed by atoms with Gasteiger partial charge in [0.15, 0.2) is 0 Å². The van der Waals surface area contributed by atoms with E-state index in [1.165, 1.54) is 0 Å². The number of hydrogen-bond acceptors (Lipinski definition) is 3. The highest BCUT2D eigenvalue weighted by molar-refractivity contribution is 6.30. The Balaban J connectivity index is 2.24. The van der Waals surface area contributed by atoms with E-state index in [1.807, 2.05) is 12.1 Å². The average Bonchev–Trinajstić information content (AvgIpc) is 2.46. The molecule has 5 heteroatoms. The van der Waals surface area contributed by atoms with Gasteiger partial charge in [-0.15, -0.1) is 0 Å². The summed E-state index contributed by atoms with van der Waals surface area (Å²) in [7, 11) is 0. The number of halogens is 1. The molecule has 21 heavy (non-hydrogen) atoms. The Hall–Kier alpha value is -1.55. The first kappa shape index (κ1) is 15.8. The molecule has 1 aliphatic carbocycles. The van der Waals surface area contributed by atoms with Crippen molar-refractivity contribution in [2.75, 3.05) is 6.61 Å². The van der Waals surface area contributed by atoms with Crippen molar-refractivity contribution in [2.24, 2.45) is 5.92 Å². The number of carbonyl (C=O) groups excluding carboxylic acids is 2. The maximum Gasteiger partial charge on any atom is 0.407 e. The molecule has 1 aromatic rings. The van der Waals surface area contributed by atoms with Crippen molar-refractivity contribution >= 4 is 23.5 Å². The summed E-state index contributed by atoms with van der Waals surface area (Å²) in [6.07, 6.45) is 2.78. The number of amides is 1. The minimum Gasteiger partial charge on any atom is -0.450 e. The van der Waals surface area contributed by atoms with Crippen LogP contribution in [0.4, 0.5) is 4.79 Å². The van der Waals surface area contributed by atoms with E-state index >= 15 is 0 Å². The molecule has 4 nitrogen and oxygen atoms in total. The van der Waals surface area contributed by atoms with Gasteiger partial charge in [0.1, 0.15) is 5.78 Å². The highest BCUT2D eigenvalue weighted by Crippen LogP contribution is 2.33. The Morgan fingerprint density at radius 2 is 2.29 bits per heavy atom. The Kier molecular flexibility index (Phi) is 5.62. The lowest BCUT2D eigenvalue weighted by atomic mass is 9.80. The summed E-state index contributed by atoms with van der Waals surface area (Å²) in [6, 6.07) is 6.89. The van der Waals surface area contributed by atoms with Crippen molar-refractivity contribution in [1.29, 1.82) is 0 Å². The van der Waals surface area contributed by atoms with Crippen LogP contribution in [0.5, 0.6) is 0 Å². The molecule has 0 bridgehead atoms. The van der Waals surface area contributed by atoms with Gasteiger partial charge in [-0.1, -0.05) is 30.2 Å². The van der Waals surface area contributed by atoms with Crippen molar-refractivity contribution in [3.8, 4) is 0 Å². The molecular formula is C16H20ClNO3. The van der Waals surface area contributed by atoms with Gasteiger partial charge in [0, 0.05) is 17.4 Å². The SMILES string of the molecule is CCOC(=O)N[C@@H](c1cccc(Cl)c1)[C@@H]1CCCCC1=O. The van der Waals surface area contributed by atoms with Gasteiger partial charge in [0.05, 0.1) is 12.6 Å². The highest BCUT2D eigenvalue weighted by Gasteiger charge is 2.32. The highest BCUT2D eigenvalue weighted by atomic mass is 35.5. The zero-order valence-corrected chi connectivity index (χ0v) is 12.9. The first-order chi connectivity index (χ1) is 10.1. The molecule has 0 radical (unpaired) electrons. The van der Waals surface area contributed by atoms with Crippen LogP contribution in [-0.4, -0.2) is 18.5 Å². The predicted molar refractivity (Wildman–Crippen MR) is 81.3 cm³/mol. The number of rotatable bonds is 4. The van der Waals surface area contributed by atoms with Crippen LogP contribution in [0.3, 0.4) is 0 Å². The second-order valence-electron chi connectivity index (χ2n) is 5.22. The van der Waals surface area contributed by atoms with Crippen LogP contribution in [0, 0.1) is 5.92 Å². The number of hydrogen-bond donors (Lipinski definition) is 1. The minimum absolute atomic E-state index is 0.197. The molecule has 1 amide bonds. The summed E-state index contributed by atoms with van der Waals surface area (Å²) in [5.41, 5.74) is 0.843. The zero-order chi connectivity index (χ0) is 15.2. The molecule has 0 saturated heterocycles. The van der Waals surface area contributed by atoms with E-state index in [4.69, 9.17) is 16.3 Å². The van der Waals surface area contributed by atoms with Gasteiger partial charge < -0.3 is 10.1 Å². The number of alkyl carbamates (subject to hydrolysis) is 1. The Morgan fingerprint density at radius 1 is 1.48 bits per heavy atom. The van der Waals surface area contributed by atoms with Crippen molar-refractivity contribution in [2.45, 2.75) is 38.6 Å². The van der Waals surface area contributed by atoms with Crippen molar-refractivity contribution < 1.29 is 14.3 Å². The smallest absolute Gasteiger partial charge is 0.407 e. The summed E-state index contributed by atoms with van der Waals surface area (Å²) >= 11 is 6.03. The molecule has 1 aliphatic rings. The number of ketones is 1. The first-order valence-electron chi connectivity index (χ1n) is 7.33. The normalized spacial score (nSPS) is 19.9.